The van der Waals surface area contributed by atoms with Gasteiger partial charge in [-0.2, -0.15) is 0 Å². The lowest BCUT2D eigenvalue weighted by Crippen LogP contribution is -2.06. The van der Waals surface area contributed by atoms with Gasteiger partial charge in [0.2, 0.25) is 0 Å². The molecule has 0 aliphatic heterocycles. The Morgan fingerprint density at radius 1 is 0.283 bits per heavy atom. The molecular weight excluding hydrogens is 556 g/mol. The normalized spacial score (nSPS) is 12.0. The Morgan fingerprint density at radius 2 is 0.587 bits per heavy atom. The number of fused-ring (bicyclic) bond motifs is 6. The summed E-state index contributed by atoms with van der Waals surface area (Å²) in [4.78, 5) is 14.9. The molecule has 0 amide bonds. The second kappa shape index (κ2) is 9.47. The second-order valence-corrected chi connectivity index (χ2v) is 12.3. The lowest BCUT2D eigenvalue weighted by atomic mass is 9.85. The molecule has 0 bridgehead atoms. The number of hydrogen-bond acceptors (Lipinski definition) is 1. The van der Waals surface area contributed by atoms with Crippen LogP contribution in [0, 0.1) is 0 Å². The van der Waals surface area contributed by atoms with Gasteiger partial charge in [0, 0.05) is 11.1 Å². The summed E-state index contributed by atoms with van der Waals surface area (Å²) in [5.41, 5.74) is 15.3. The molecule has 1 nitrogen and oxygen atoms in total. The maximum atomic E-state index is 14.9. The Morgan fingerprint density at radius 3 is 1.02 bits per heavy atom. The molecule has 0 heterocycles. The molecule has 8 aromatic carbocycles. The number of hydrogen-bond donors (Lipinski definition) is 0. The second-order valence-electron chi connectivity index (χ2n) is 12.3. The van der Waals surface area contributed by atoms with E-state index in [2.05, 4.69) is 121 Å². The summed E-state index contributed by atoms with van der Waals surface area (Å²) >= 11 is 0. The van der Waals surface area contributed by atoms with Crippen LogP contribution in [-0.4, -0.2) is 5.78 Å². The zero-order chi connectivity index (χ0) is 30.4. The van der Waals surface area contributed by atoms with E-state index in [-0.39, 0.29) is 5.78 Å². The minimum atomic E-state index is 0.0313. The van der Waals surface area contributed by atoms with E-state index in [1.54, 1.807) is 0 Å². The minimum Gasteiger partial charge on any atom is -0.289 e. The third-order valence-electron chi connectivity index (χ3n) is 9.98. The van der Waals surface area contributed by atoms with Crippen LogP contribution in [0.3, 0.4) is 0 Å². The zero-order valence-electron chi connectivity index (χ0n) is 24.9. The molecule has 0 saturated heterocycles. The number of carbonyl (C=O) groups excluding carboxylic acids is 1. The summed E-state index contributed by atoms with van der Waals surface area (Å²) in [5, 5.41) is 5.05. The highest BCUT2D eigenvalue weighted by molar-refractivity contribution is 6.23. The van der Waals surface area contributed by atoms with E-state index < -0.39 is 0 Å². The fourth-order valence-corrected chi connectivity index (χ4v) is 8.11. The Kier molecular flexibility index (Phi) is 5.21. The number of ketones is 1. The lowest BCUT2D eigenvalue weighted by Gasteiger charge is -2.17. The van der Waals surface area contributed by atoms with Gasteiger partial charge in [-0.1, -0.05) is 158 Å². The van der Waals surface area contributed by atoms with Crippen molar-refractivity contribution >= 4 is 27.3 Å². The Hall–Kier alpha value is -6.05. The van der Waals surface area contributed by atoms with Gasteiger partial charge >= 0.3 is 0 Å². The first-order valence-corrected chi connectivity index (χ1v) is 15.8. The predicted octanol–water partition coefficient (Wildman–Crippen LogP) is 11.9. The van der Waals surface area contributed by atoms with E-state index in [9.17, 15) is 4.79 Å². The molecule has 1 heteroatoms. The average molecular weight is 583 g/mol. The number of benzene rings is 8. The van der Waals surface area contributed by atoms with Gasteiger partial charge in [0.15, 0.2) is 5.78 Å². The largest absolute Gasteiger partial charge is 0.289 e. The lowest BCUT2D eigenvalue weighted by molar-refractivity contribution is 0.104. The van der Waals surface area contributed by atoms with Gasteiger partial charge in [-0.15, -0.1) is 0 Å². The van der Waals surface area contributed by atoms with Crippen LogP contribution >= 0.6 is 0 Å². The van der Waals surface area contributed by atoms with Gasteiger partial charge < -0.3 is 0 Å². The smallest absolute Gasteiger partial charge is 0.194 e. The minimum absolute atomic E-state index is 0.0313. The van der Waals surface area contributed by atoms with Crippen LogP contribution in [0.5, 0.6) is 0 Å². The molecule has 212 valence electrons. The Labute approximate surface area is 267 Å². The van der Waals surface area contributed by atoms with E-state index in [4.69, 9.17) is 0 Å². The standard InChI is InChI=1S/C45H26O/c46-45(37-17-3-1-15-29(37)31-21-9-23-35-33-19-5-11-27-13-7-25-39(41(27)33)43(31)35)38-18-4-2-16-30(38)32-22-10-24-36-34-20-6-12-28-14-8-26-40(42(28)34)44(32)36/h1-26H. The predicted molar refractivity (Wildman–Crippen MR) is 191 cm³/mol. The molecule has 8 aromatic rings. The van der Waals surface area contributed by atoms with Crippen molar-refractivity contribution in [1.29, 1.82) is 0 Å². The number of rotatable bonds is 4. The van der Waals surface area contributed by atoms with E-state index >= 15 is 0 Å². The molecule has 0 aromatic heterocycles. The Balaban J connectivity index is 1.16. The van der Waals surface area contributed by atoms with Crippen LogP contribution in [-0.2, 0) is 0 Å². The van der Waals surface area contributed by atoms with E-state index in [1.165, 1.54) is 66.1 Å². The molecule has 2 aliphatic rings. The molecule has 0 radical (unpaired) electrons. The molecule has 0 spiro atoms. The maximum Gasteiger partial charge on any atom is 0.194 e. The van der Waals surface area contributed by atoms with E-state index in [0.29, 0.717) is 11.1 Å². The molecule has 10 rings (SSSR count). The molecular formula is C45H26O. The van der Waals surface area contributed by atoms with Crippen molar-refractivity contribution < 1.29 is 4.79 Å². The van der Waals surface area contributed by atoms with Gasteiger partial charge in [0.25, 0.3) is 0 Å². The molecule has 0 unspecified atom stereocenters. The van der Waals surface area contributed by atoms with Gasteiger partial charge in [-0.05, 0) is 88.3 Å². The molecule has 0 N–H and O–H groups in total. The highest BCUT2D eigenvalue weighted by Crippen LogP contribution is 2.53. The highest BCUT2D eigenvalue weighted by atomic mass is 16.1. The summed E-state index contributed by atoms with van der Waals surface area (Å²) in [5.74, 6) is 0.0313. The van der Waals surface area contributed by atoms with Crippen molar-refractivity contribution in [3.05, 3.63) is 169 Å². The fraction of sp³-hybridized carbons (Fsp3) is 0. The quantitative estimate of drug-likeness (QED) is 0.189. The van der Waals surface area contributed by atoms with Crippen LogP contribution in [0.2, 0.25) is 0 Å². The average Bonchev–Trinajstić information content (AvgIpc) is 3.64. The highest BCUT2D eigenvalue weighted by Gasteiger charge is 2.28. The SMILES string of the molecule is O=C(c1ccccc1-c1cccc2c1-c1cccc3cccc-2c13)c1ccccc1-c1cccc2c1-c1cccc3cccc-2c13. The molecule has 2 aliphatic carbocycles. The maximum absolute atomic E-state index is 14.9. The first-order valence-electron chi connectivity index (χ1n) is 15.8. The van der Waals surface area contributed by atoms with Crippen LogP contribution in [0.4, 0.5) is 0 Å². The monoisotopic (exact) mass is 582 g/mol. The zero-order valence-corrected chi connectivity index (χ0v) is 24.9. The van der Waals surface area contributed by atoms with Gasteiger partial charge in [0.1, 0.15) is 0 Å². The van der Waals surface area contributed by atoms with Crippen molar-refractivity contribution in [2.24, 2.45) is 0 Å². The molecule has 46 heavy (non-hydrogen) atoms. The molecule has 0 fully saturated rings. The van der Waals surface area contributed by atoms with Gasteiger partial charge in [-0.25, -0.2) is 0 Å². The Bertz CT molecular complexity index is 2410. The molecule has 0 saturated carbocycles. The molecule has 0 atom stereocenters. The van der Waals surface area contributed by atoms with E-state index in [0.717, 1.165) is 22.3 Å². The fourth-order valence-electron chi connectivity index (χ4n) is 8.11. The van der Waals surface area contributed by atoms with Crippen LogP contribution in [0.25, 0.3) is 88.3 Å². The van der Waals surface area contributed by atoms with Crippen molar-refractivity contribution in [1.82, 2.24) is 0 Å². The van der Waals surface area contributed by atoms with Crippen LogP contribution < -0.4 is 0 Å². The van der Waals surface area contributed by atoms with Crippen molar-refractivity contribution in [2.45, 2.75) is 0 Å². The number of carbonyl (C=O) groups is 1. The van der Waals surface area contributed by atoms with Gasteiger partial charge in [0.05, 0.1) is 0 Å². The third-order valence-corrected chi connectivity index (χ3v) is 9.98. The third kappa shape index (κ3) is 3.37. The van der Waals surface area contributed by atoms with Crippen molar-refractivity contribution in [3.8, 4) is 66.8 Å². The first kappa shape index (κ1) is 25.3. The summed E-state index contributed by atoms with van der Waals surface area (Å²) in [6.45, 7) is 0. The van der Waals surface area contributed by atoms with Gasteiger partial charge in [-0.3, -0.25) is 4.79 Å². The van der Waals surface area contributed by atoms with Crippen LogP contribution in [0.1, 0.15) is 15.9 Å². The summed E-state index contributed by atoms with van der Waals surface area (Å²) < 4.78 is 0. The summed E-state index contributed by atoms with van der Waals surface area (Å²) in [6.07, 6.45) is 0. The summed E-state index contributed by atoms with van der Waals surface area (Å²) in [6, 6.07) is 55.4. The van der Waals surface area contributed by atoms with Crippen molar-refractivity contribution in [3.63, 3.8) is 0 Å². The van der Waals surface area contributed by atoms with Crippen molar-refractivity contribution in [2.75, 3.05) is 0 Å². The van der Waals surface area contributed by atoms with Crippen LogP contribution in [0.15, 0.2) is 158 Å². The van der Waals surface area contributed by atoms with E-state index in [1.807, 2.05) is 36.4 Å². The summed E-state index contributed by atoms with van der Waals surface area (Å²) in [7, 11) is 0. The topological polar surface area (TPSA) is 17.1 Å². The first-order chi connectivity index (χ1) is 22.8.